The van der Waals surface area contributed by atoms with Crippen molar-refractivity contribution in [2.24, 2.45) is 0 Å². The number of ether oxygens (including phenoxy) is 1. The highest BCUT2D eigenvalue weighted by Gasteiger charge is 2.14. The Morgan fingerprint density at radius 2 is 2.30 bits per heavy atom. The van der Waals surface area contributed by atoms with Crippen LogP contribution >= 0.6 is 0 Å². The third-order valence-corrected chi connectivity index (χ3v) is 3.46. The Balaban J connectivity index is 1.61. The molecule has 0 spiro atoms. The van der Waals surface area contributed by atoms with E-state index in [0.717, 1.165) is 25.2 Å². The first kappa shape index (κ1) is 12.8. The molecule has 1 aromatic carbocycles. The summed E-state index contributed by atoms with van der Waals surface area (Å²) in [5.41, 5.74) is 3.03. The monoisotopic (exact) mass is 271 g/mol. The third kappa shape index (κ3) is 2.69. The molecule has 0 radical (unpaired) electrons. The molecule has 0 aliphatic carbocycles. The Hall–Kier alpha value is -2.23. The lowest BCUT2D eigenvalue weighted by atomic mass is 10.0. The van der Waals surface area contributed by atoms with Crippen molar-refractivity contribution in [3.8, 4) is 5.75 Å². The highest BCUT2D eigenvalue weighted by atomic mass is 16.5. The summed E-state index contributed by atoms with van der Waals surface area (Å²) in [6.07, 6.45) is 4.73. The molecule has 0 fully saturated rings. The lowest BCUT2D eigenvalue weighted by Crippen LogP contribution is -2.33. The second-order valence-electron chi connectivity index (χ2n) is 5.13. The molecule has 104 valence electrons. The van der Waals surface area contributed by atoms with E-state index in [2.05, 4.69) is 17.4 Å². The zero-order chi connectivity index (χ0) is 13.9. The molecule has 4 heteroatoms. The molecule has 0 unspecified atom stereocenters. The number of carbonyl (C=O) groups excluding carboxylic acids is 1. The summed E-state index contributed by atoms with van der Waals surface area (Å²) < 4.78 is 10.4. The van der Waals surface area contributed by atoms with Crippen LogP contribution in [-0.4, -0.2) is 18.6 Å². The van der Waals surface area contributed by atoms with E-state index in [4.69, 9.17) is 9.15 Å². The fraction of sp³-hybridized carbons (Fsp3) is 0.312. The predicted octanol–water partition coefficient (Wildman–Crippen LogP) is 2.58. The topological polar surface area (TPSA) is 51.5 Å². The van der Waals surface area contributed by atoms with Gasteiger partial charge < -0.3 is 14.5 Å². The minimum absolute atomic E-state index is 0.0674. The van der Waals surface area contributed by atoms with Crippen molar-refractivity contribution in [2.45, 2.75) is 25.8 Å². The smallest absolute Gasteiger partial charge is 0.254 e. The van der Waals surface area contributed by atoms with Gasteiger partial charge in [0.25, 0.3) is 5.91 Å². The normalized spacial score (nSPS) is 14.4. The van der Waals surface area contributed by atoms with Gasteiger partial charge in [0.05, 0.1) is 18.4 Å². The van der Waals surface area contributed by atoms with E-state index >= 15 is 0 Å². The van der Waals surface area contributed by atoms with Gasteiger partial charge in [-0.2, -0.15) is 0 Å². The predicted molar refractivity (Wildman–Crippen MR) is 75.0 cm³/mol. The molecule has 1 aliphatic rings. The van der Waals surface area contributed by atoms with Crippen LogP contribution in [0.25, 0.3) is 0 Å². The number of fused-ring (bicyclic) bond motifs is 1. The van der Waals surface area contributed by atoms with E-state index in [1.165, 1.54) is 23.7 Å². The number of furan rings is 1. The van der Waals surface area contributed by atoms with Crippen LogP contribution in [0.4, 0.5) is 0 Å². The molecule has 20 heavy (non-hydrogen) atoms. The SMILES string of the molecule is C[C@H](Cc1ccc2c(c1)CCO2)NC(=O)c1ccoc1. The van der Waals surface area contributed by atoms with E-state index < -0.39 is 0 Å². The second kappa shape index (κ2) is 5.41. The van der Waals surface area contributed by atoms with Crippen LogP contribution < -0.4 is 10.1 Å². The maximum Gasteiger partial charge on any atom is 0.254 e. The number of rotatable bonds is 4. The first-order valence-electron chi connectivity index (χ1n) is 6.80. The highest BCUT2D eigenvalue weighted by molar-refractivity contribution is 5.93. The van der Waals surface area contributed by atoms with Gasteiger partial charge in [-0.05, 0) is 36.6 Å². The van der Waals surface area contributed by atoms with E-state index in [0.29, 0.717) is 5.56 Å². The largest absolute Gasteiger partial charge is 0.493 e. The maximum atomic E-state index is 11.9. The van der Waals surface area contributed by atoms with Gasteiger partial charge in [-0.3, -0.25) is 4.79 Å². The molecule has 1 aliphatic heterocycles. The Bertz CT molecular complexity index is 604. The summed E-state index contributed by atoms with van der Waals surface area (Å²) in [4.78, 5) is 11.9. The molecule has 0 saturated heterocycles. The molecule has 1 amide bonds. The lowest BCUT2D eigenvalue weighted by Gasteiger charge is -2.14. The molecule has 3 rings (SSSR count). The number of hydrogen-bond donors (Lipinski definition) is 1. The fourth-order valence-electron chi connectivity index (χ4n) is 2.47. The van der Waals surface area contributed by atoms with Crippen LogP contribution in [0, 0.1) is 0 Å². The minimum atomic E-state index is -0.101. The standard InChI is InChI=1S/C16H17NO3/c1-11(17-16(18)14-4-6-19-10-14)8-12-2-3-15-13(9-12)5-7-20-15/h2-4,6,9-11H,5,7-8H2,1H3,(H,17,18)/t11-/m1/s1. The van der Waals surface area contributed by atoms with Gasteiger partial charge in [-0.25, -0.2) is 0 Å². The van der Waals surface area contributed by atoms with Crippen molar-refractivity contribution in [2.75, 3.05) is 6.61 Å². The first-order chi connectivity index (χ1) is 9.72. The molecule has 4 nitrogen and oxygen atoms in total. The van der Waals surface area contributed by atoms with Gasteiger partial charge >= 0.3 is 0 Å². The van der Waals surface area contributed by atoms with Crippen molar-refractivity contribution in [3.05, 3.63) is 53.5 Å². The summed E-state index contributed by atoms with van der Waals surface area (Å²) in [6.45, 7) is 2.77. The first-order valence-corrected chi connectivity index (χ1v) is 6.80. The molecule has 0 saturated carbocycles. The Kier molecular flexibility index (Phi) is 3.46. The van der Waals surface area contributed by atoms with Crippen LogP contribution in [0.3, 0.4) is 0 Å². The fourth-order valence-corrected chi connectivity index (χ4v) is 2.47. The van der Waals surface area contributed by atoms with Crippen LogP contribution in [-0.2, 0) is 12.8 Å². The Labute approximate surface area is 117 Å². The summed E-state index contributed by atoms with van der Waals surface area (Å²) >= 11 is 0. The van der Waals surface area contributed by atoms with Crippen molar-refractivity contribution < 1.29 is 13.9 Å². The number of carbonyl (C=O) groups is 1. The molecule has 2 aromatic rings. The van der Waals surface area contributed by atoms with Crippen LogP contribution in [0.2, 0.25) is 0 Å². The summed E-state index contributed by atoms with van der Waals surface area (Å²) in [5.74, 6) is 0.888. The van der Waals surface area contributed by atoms with E-state index in [1.54, 1.807) is 6.07 Å². The van der Waals surface area contributed by atoms with Gasteiger partial charge in [0.15, 0.2) is 0 Å². The maximum absolute atomic E-state index is 11.9. The minimum Gasteiger partial charge on any atom is -0.493 e. The second-order valence-corrected chi connectivity index (χ2v) is 5.13. The number of amides is 1. The van der Waals surface area contributed by atoms with E-state index in [-0.39, 0.29) is 11.9 Å². The zero-order valence-corrected chi connectivity index (χ0v) is 11.4. The Morgan fingerprint density at radius 1 is 1.40 bits per heavy atom. The summed E-state index contributed by atoms with van der Waals surface area (Å²) in [6, 6.07) is 7.97. The molecule has 1 aromatic heterocycles. The van der Waals surface area contributed by atoms with Crippen molar-refractivity contribution >= 4 is 5.91 Å². The van der Waals surface area contributed by atoms with Crippen LogP contribution in [0.15, 0.2) is 41.2 Å². The van der Waals surface area contributed by atoms with Crippen molar-refractivity contribution in [1.29, 1.82) is 0 Å². The molecular formula is C16H17NO3. The average molecular weight is 271 g/mol. The Morgan fingerprint density at radius 3 is 3.10 bits per heavy atom. The van der Waals surface area contributed by atoms with Gasteiger partial charge in [0.2, 0.25) is 0 Å². The number of nitrogens with one attached hydrogen (secondary N) is 1. The quantitative estimate of drug-likeness (QED) is 0.929. The number of benzene rings is 1. The van der Waals surface area contributed by atoms with Crippen LogP contribution in [0.1, 0.15) is 28.4 Å². The highest BCUT2D eigenvalue weighted by Crippen LogP contribution is 2.26. The van der Waals surface area contributed by atoms with Gasteiger partial charge in [-0.1, -0.05) is 12.1 Å². The zero-order valence-electron chi connectivity index (χ0n) is 11.4. The third-order valence-electron chi connectivity index (χ3n) is 3.46. The van der Waals surface area contributed by atoms with Gasteiger partial charge in [-0.15, -0.1) is 0 Å². The van der Waals surface area contributed by atoms with Crippen molar-refractivity contribution in [3.63, 3.8) is 0 Å². The van der Waals surface area contributed by atoms with E-state index in [9.17, 15) is 4.79 Å². The van der Waals surface area contributed by atoms with E-state index in [1.807, 2.05) is 13.0 Å². The molecule has 1 N–H and O–H groups in total. The molecule has 0 bridgehead atoms. The molecule has 1 atom stereocenters. The lowest BCUT2D eigenvalue weighted by molar-refractivity contribution is 0.0939. The van der Waals surface area contributed by atoms with Gasteiger partial charge in [0, 0.05) is 12.5 Å². The van der Waals surface area contributed by atoms with Gasteiger partial charge in [0.1, 0.15) is 12.0 Å². The number of hydrogen-bond acceptors (Lipinski definition) is 3. The molecular weight excluding hydrogens is 254 g/mol. The summed E-state index contributed by atoms with van der Waals surface area (Å²) in [5, 5.41) is 2.97. The van der Waals surface area contributed by atoms with Crippen LogP contribution in [0.5, 0.6) is 5.75 Å². The van der Waals surface area contributed by atoms with Crippen molar-refractivity contribution in [1.82, 2.24) is 5.32 Å². The summed E-state index contributed by atoms with van der Waals surface area (Å²) in [7, 11) is 0. The average Bonchev–Trinajstić information content (AvgIpc) is 3.09. The molecule has 2 heterocycles.